The van der Waals surface area contributed by atoms with Crippen molar-refractivity contribution >= 4 is 5.91 Å². The molecule has 4 rings (SSSR count). The van der Waals surface area contributed by atoms with Crippen LogP contribution in [0.2, 0.25) is 0 Å². The molecule has 0 bridgehead atoms. The van der Waals surface area contributed by atoms with Crippen LogP contribution >= 0.6 is 0 Å². The number of morpholine rings is 1. The van der Waals surface area contributed by atoms with Crippen LogP contribution in [0.25, 0.3) is 5.69 Å². The Morgan fingerprint density at radius 1 is 1.17 bits per heavy atom. The van der Waals surface area contributed by atoms with E-state index in [2.05, 4.69) is 15.1 Å². The minimum absolute atomic E-state index is 0.205. The van der Waals surface area contributed by atoms with Crippen molar-refractivity contribution in [3.8, 4) is 5.69 Å². The Morgan fingerprint density at radius 3 is 2.69 bits per heavy atom. The number of aromatic nitrogens is 4. The summed E-state index contributed by atoms with van der Waals surface area (Å²) in [6.07, 6.45) is 3.07. The van der Waals surface area contributed by atoms with E-state index in [1.807, 2.05) is 20.8 Å². The van der Waals surface area contributed by atoms with Crippen LogP contribution in [0.3, 0.4) is 0 Å². The average Bonchev–Trinajstić information content (AvgIpc) is 3.02. The lowest BCUT2D eigenvalue weighted by atomic mass is 10.0. The number of hydrogen-bond acceptors (Lipinski definition) is 5. The molecule has 1 aliphatic rings. The molecule has 7 nitrogen and oxygen atoms in total. The fourth-order valence-electron chi connectivity index (χ4n) is 3.73. The highest BCUT2D eigenvalue weighted by molar-refractivity contribution is 5.92. The van der Waals surface area contributed by atoms with Gasteiger partial charge in [0.1, 0.15) is 17.2 Å². The third-order valence-corrected chi connectivity index (χ3v) is 5.15. The highest BCUT2D eigenvalue weighted by Gasteiger charge is 2.34. The maximum atomic E-state index is 14.3. The minimum Gasteiger partial charge on any atom is -0.377 e. The van der Waals surface area contributed by atoms with Gasteiger partial charge in [-0.1, -0.05) is 12.1 Å². The largest absolute Gasteiger partial charge is 0.377 e. The Morgan fingerprint density at radius 2 is 1.97 bits per heavy atom. The highest BCUT2D eigenvalue weighted by atomic mass is 19.1. The number of para-hydroxylation sites is 1. The SMILES string of the molecule is Cc1cnc(C(=O)N2CCOCC2c2c(C)nn(-c3ccccc3F)c2C)cn1. The van der Waals surface area contributed by atoms with E-state index in [4.69, 9.17) is 4.74 Å². The predicted octanol–water partition coefficient (Wildman–Crippen LogP) is 2.94. The molecule has 2 aromatic heterocycles. The van der Waals surface area contributed by atoms with Gasteiger partial charge >= 0.3 is 0 Å². The second-order valence-electron chi connectivity index (χ2n) is 7.08. The molecule has 150 valence electrons. The molecule has 1 fully saturated rings. The van der Waals surface area contributed by atoms with Crippen molar-refractivity contribution in [1.29, 1.82) is 0 Å². The van der Waals surface area contributed by atoms with Crippen LogP contribution in [-0.4, -0.2) is 50.3 Å². The smallest absolute Gasteiger partial charge is 0.274 e. The second-order valence-corrected chi connectivity index (χ2v) is 7.08. The molecule has 0 spiro atoms. The van der Waals surface area contributed by atoms with Crippen molar-refractivity contribution in [2.45, 2.75) is 26.8 Å². The quantitative estimate of drug-likeness (QED) is 0.682. The maximum Gasteiger partial charge on any atom is 0.274 e. The third-order valence-electron chi connectivity index (χ3n) is 5.15. The first kappa shape index (κ1) is 19.2. The van der Waals surface area contributed by atoms with E-state index in [1.54, 1.807) is 34.0 Å². The minimum atomic E-state index is -0.354. The van der Waals surface area contributed by atoms with E-state index in [-0.39, 0.29) is 17.8 Å². The molecule has 1 aliphatic heterocycles. The molecule has 0 saturated carbocycles. The molecule has 0 aliphatic carbocycles. The number of carbonyl (C=O) groups excluding carboxylic acids is 1. The van der Waals surface area contributed by atoms with E-state index in [1.165, 1.54) is 12.3 Å². The lowest BCUT2D eigenvalue weighted by Crippen LogP contribution is -2.44. The summed E-state index contributed by atoms with van der Waals surface area (Å²) in [5.74, 6) is -0.560. The molecule has 1 amide bonds. The van der Waals surface area contributed by atoms with Crippen LogP contribution in [0, 0.1) is 26.6 Å². The van der Waals surface area contributed by atoms with Crippen LogP contribution in [0.4, 0.5) is 4.39 Å². The van der Waals surface area contributed by atoms with Gasteiger partial charge in [-0.15, -0.1) is 0 Å². The van der Waals surface area contributed by atoms with Crippen molar-refractivity contribution in [2.75, 3.05) is 19.8 Å². The molecule has 8 heteroatoms. The number of ether oxygens (including phenoxy) is 1. The first-order valence-corrected chi connectivity index (χ1v) is 9.45. The van der Waals surface area contributed by atoms with Gasteiger partial charge in [0.15, 0.2) is 0 Å². The Balaban J connectivity index is 1.73. The van der Waals surface area contributed by atoms with Crippen LogP contribution in [0.15, 0.2) is 36.7 Å². The first-order valence-electron chi connectivity index (χ1n) is 9.45. The van der Waals surface area contributed by atoms with Gasteiger partial charge in [-0.3, -0.25) is 9.78 Å². The molecular formula is C21H22FN5O2. The standard InChI is InChI=1S/C21H22FN5O2/c1-13-10-24-17(11-23-13)21(28)26-8-9-29-12-19(26)20-14(2)25-27(15(20)3)18-7-5-4-6-16(18)22/h4-7,10-11,19H,8-9,12H2,1-3H3. The summed E-state index contributed by atoms with van der Waals surface area (Å²) in [6, 6.07) is 6.16. The number of hydrogen-bond donors (Lipinski definition) is 0. The summed E-state index contributed by atoms with van der Waals surface area (Å²) in [5, 5.41) is 4.55. The summed E-state index contributed by atoms with van der Waals surface area (Å²) in [4.78, 5) is 23.3. The second kappa shape index (κ2) is 7.71. The van der Waals surface area contributed by atoms with Crippen molar-refractivity contribution < 1.29 is 13.9 Å². The number of carbonyl (C=O) groups is 1. The molecule has 1 atom stereocenters. The van der Waals surface area contributed by atoms with Crippen molar-refractivity contribution in [3.05, 3.63) is 70.8 Å². The summed E-state index contributed by atoms with van der Waals surface area (Å²) >= 11 is 0. The number of nitrogens with zero attached hydrogens (tertiary/aromatic N) is 5. The van der Waals surface area contributed by atoms with E-state index in [9.17, 15) is 9.18 Å². The maximum absolute atomic E-state index is 14.3. The molecule has 29 heavy (non-hydrogen) atoms. The summed E-state index contributed by atoms with van der Waals surface area (Å²) < 4.78 is 21.6. The van der Waals surface area contributed by atoms with E-state index in [0.717, 1.165) is 22.6 Å². The summed E-state index contributed by atoms with van der Waals surface area (Å²) in [7, 11) is 0. The number of aryl methyl sites for hydroxylation is 2. The van der Waals surface area contributed by atoms with Gasteiger partial charge in [0.05, 0.1) is 36.8 Å². The van der Waals surface area contributed by atoms with Crippen molar-refractivity contribution in [2.24, 2.45) is 0 Å². The zero-order chi connectivity index (χ0) is 20.5. The van der Waals surface area contributed by atoms with E-state index >= 15 is 0 Å². The molecule has 3 aromatic rings. The summed E-state index contributed by atoms with van der Waals surface area (Å²) in [6.45, 7) is 6.79. The highest BCUT2D eigenvalue weighted by Crippen LogP contribution is 2.32. The van der Waals surface area contributed by atoms with Crippen LogP contribution in [-0.2, 0) is 4.74 Å². The lowest BCUT2D eigenvalue weighted by Gasteiger charge is -2.35. The Bertz CT molecular complexity index is 1050. The number of rotatable bonds is 3. The Hall–Kier alpha value is -3.13. The Kier molecular flexibility index (Phi) is 5.10. The van der Waals surface area contributed by atoms with Crippen LogP contribution in [0.5, 0.6) is 0 Å². The number of amides is 1. The number of benzene rings is 1. The van der Waals surface area contributed by atoms with Crippen LogP contribution in [0.1, 0.15) is 39.2 Å². The van der Waals surface area contributed by atoms with Gasteiger partial charge < -0.3 is 9.64 Å². The summed E-state index contributed by atoms with van der Waals surface area (Å²) in [5.41, 5.74) is 3.78. The zero-order valence-corrected chi connectivity index (χ0v) is 16.6. The molecule has 0 N–H and O–H groups in total. The topological polar surface area (TPSA) is 73.1 Å². The van der Waals surface area contributed by atoms with Gasteiger partial charge in [0.2, 0.25) is 0 Å². The van der Waals surface area contributed by atoms with Crippen molar-refractivity contribution in [1.82, 2.24) is 24.6 Å². The van der Waals surface area contributed by atoms with Gasteiger partial charge in [0, 0.05) is 24.0 Å². The fraction of sp³-hybridized carbons (Fsp3) is 0.333. The van der Waals surface area contributed by atoms with Crippen LogP contribution < -0.4 is 0 Å². The molecule has 1 unspecified atom stereocenters. The van der Waals surface area contributed by atoms with Gasteiger partial charge in [0.25, 0.3) is 5.91 Å². The van der Waals surface area contributed by atoms with Crippen molar-refractivity contribution in [3.63, 3.8) is 0 Å². The van der Waals surface area contributed by atoms with Gasteiger partial charge in [-0.05, 0) is 32.9 Å². The molecule has 0 radical (unpaired) electrons. The molecule has 3 heterocycles. The monoisotopic (exact) mass is 395 g/mol. The fourth-order valence-corrected chi connectivity index (χ4v) is 3.73. The molecule has 1 aromatic carbocycles. The predicted molar refractivity (Wildman–Crippen MR) is 104 cm³/mol. The van der Waals surface area contributed by atoms with E-state index in [0.29, 0.717) is 31.1 Å². The average molecular weight is 395 g/mol. The van der Waals surface area contributed by atoms with E-state index < -0.39 is 0 Å². The number of halogens is 1. The third kappa shape index (κ3) is 3.51. The normalized spacial score (nSPS) is 16.8. The molecular weight excluding hydrogens is 373 g/mol. The first-order chi connectivity index (χ1) is 14.0. The van der Waals surface area contributed by atoms with Gasteiger partial charge in [-0.2, -0.15) is 5.10 Å². The lowest BCUT2D eigenvalue weighted by molar-refractivity contribution is -0.00337. The molecule has 1 saturated heterocycles. The Labute approximate surface area is 168 Å². The zero-order valence-electron chi connectivity index (χ0n) is 16.6. The van der Waals surface area contributed by atoms with Gasteiger partial charge in [-0.25, -0.2) is 14.1 Å².